The van der Waals surface area contributed by atoms with E-state index in [-0.39, 0.29) is 5.75 Å². The summed E-state index contributed by atoms with van der Waals surface area (Å²) in [6, 6.07) is 10.8. The topological polar surface area (TPSA) is 60.2 Å². The van der Waals surface area contributed by atoms with Crippen LogP contribution >= 0.6 is 15.9 Å². The van der Waals surface area contributed by atoms with Crippen molar-refractivity contribution < 1.29 is 8.42 Å². The van der Waals surface area contributed by atoms with Gasteiger partial charge in [-0.3, -0.25) is 0 Å². The lowest BCUT2D eigenvalue weighted by atomic mass is 10.1. The number of hydrogen-bond donors (Lipinski definition) is 1. The second-order valence-corrected chi connectivity index (χ2v) is 8.24. The van der Waals surface area contributed by atoms with Gasteiger partial charge in [0.05, 0.1) is 10.6 Å². The lowest BCUT2D eigenvalue weighted by Gasteiger charge is -2.08. The summed E-state index contributed by atoms with van der Waals surface area (Å²) in [6.45, 7) is 0. The molecule has 0 aliphatic heterocycles. The number of aryl methyl sites for hydroxylation is 2. The monoisotopic (exact) mass is 365 g/mol. The molecule has 3 rings (SSSR count). The molecule has 1 aliphatic carbocycles. The van der Waals surface area contributed by atoms with Gasteiger partial charge >= 0.3 is 0 Å². The standard InChI is InChI=1S/C16H16BrNO2S/c17-15-7-4-11(8-16(15)18)10-21(19,20)14-6-5-12-2-1-3-13(12)9-14/h4-9H,1-3,10,18H2. The average molecular weight is 366 g/mol. The van der Waals surface area contributed by atoms with Gasteiger partial charge in [-0.2, -0.15) is 0 Å². The third-order valence-electron chi connectivity index (χ3n) is 3.85. The van der Waals surface area contributed by atoms with Crippen molar-refractivity contribution >= 4 is 31.5 Å². The van der Waals surface area contributed by atoms with Crippen molar-refractivity contribution in [3.8, 4) is 0 Å². The average Bonchev–Trinajstić information content (AvgIpc) is 2.90. The second-order valence-electron chi connectivity index (χ2n) is 5.40. The van der Waals surface area contributed by atoms with Crippen LogP contribution in [-0.4, -0.2) is 8.42 Å². The third-order valence-corrected chi connectivity index (χ3v) is 6.25. The van der Waals surface area contributed by atoms with Gasteiger partial charge in [-0.05, 0) is 76.1 Å². The molecular weight excluding hydrogens is 350 g/mol. The van der Waals surface area contributed by atoms with E-state index in [1.807, 2.05) is 12.1 Å². The Kier molecular flexibility index (Phi) is 3.80. The minimum Gasteiger partial charge on any atom is -0.398 e. The van der Waals surface area contributed by atoms with Gasteiger partial charge in [0, 0.05) is 10.2 Å². The predicted molar refractivity (Wildman–Crippen MR) is 87.9 cm³/mol. The second kappa shape index (κ2) is 5.46. The number of hydrogen-bond acceptors (Lipinski definition) is 3. The van der Waals surface area contributed by atoms with Crippen LogP contribution in [0, 0.1) is 0 Å². The fourth-order valence-corrected chi connectivity index (χ4v) is 4.36. The van der Waals surface area contributed by atoms with Gasteiger partial charge in [-0.25, -0.2) is 8.42 Å². The van der Waals surface area contributed by atoms with E-state index in [9.17, 15) is 8.42 Å². The van der Waals surface area contributed by atoms with Crippen molar-refractivity contribution in [3.05, 3.63) is 57.6 Å². The van der Waals surface area contributed by atoms with E-state index in [4.69, 9.17) is 5.73 Å². The van der Waals surface area contributed by atoms with Gasteiger partial charge < -0.3 is 5.73 Å². The van der Waals surface area contributed by atoms with Gasteiger partial charge in [0.2, 0.25) is 0 Å². The molecule has 2 N–H and O–H groups in total. The Balaban J connectivity index is 1.91. The number of nitrogens with two attached hydrogens (primary N) is 1. The minimum atomic E-state index is -3.34. The number of nitrogen functional groups attached to an aromatic ring is 1. The van der Waals surface area contributed by atoms with E-state index in [1.54, 1.807) is 24.3 Å². The van der Waals surface area contributed by atoms with E-state index in [1.165, 1.54) is 11.1 Å². The molecule has 0 amide bonds. The summed E-state index contributed by atoms with van der Waals surface area (Å²) in [7, 11) is -3.34. The van der Waals surface area contributed by atoms with Crippen LogP contribution < -0.4 is 5.73 Å². The summed E-state index contributed by atoms with van der Waals surface area (Å²) < 4.78 is 25.9. The van der Waals surface area contributed by atoms with E-state index >= 15 is 0 Å². The van der Waals surface area contributed by atoms with Crippen LogP contribution in [0.2, 0.25) is 0 Å². The Labute approximate surface area is 133 Å². The summed E-state index contributed by atoms with van der Waals surface area (Å²) in [5.74, 6) is -0.0245. The summed E-state index contributed by atoms with van der Waals surface area (Å²) in [4.78, 5) is 0.407. The quantitative estimate of drug-likeness (QED) is 0.846. The van der Waals surface area contributed by atoms with Crippen molar-refractivity contribution in [1.82, 2.24) is 0 Å². The largest absolute Gasteiger partial charge is 0.398 e. The summed E-state index contributed by atoms with van der Waals surface area (Å²) in [5.41, 5.74) is 9.52. The molecular formula is C16H16BrNO2S. The number of anilines is 1. The highest BCUT2D eigenvalue weighted by atomic mass is 79.9. The number of fused-ring (bicyclic) bond motifs is 1. The van der Waals surface area contributed by atoms with Gasteiger partial charge in [0.15, 0.2) is 9.84 Å². The van der Waals surface area contributed by atoms with Crippen LogP contribution in [0.25, 0.3) is 0 Å². The van der Waals surface area contributed by atoms with Crippen molar-refractivity contribution in [3.63, 3.8) is 0 Å². The minimum absolute atomic E-state index is 0.0245. The highest BCUT2D eigenvalue weighted by Gasteiger charge is 2.19. The molecule has 2 aromatic rings. The first-order chi connectivity index (χ1) is 9.95. The molecule has 3 nitrogen and oxygen atoms in total. The van der Waals surface area contributed by atoms with Gasteiger partial charge in [0.1, 0.15) is 0 Å². The Morgan fingerprint density at radius 1 is 1.05 bits per heavy atom. The SMILES string of the molecule is Nc1cc(CS(=O)(=O)c2ccc3c(c2)CCC3)ccc1Br. The molecule has 21 heavy (non-hydrogen) atoms. The zero-order valence-electron chi connectivity index (χ0n) is 11.5. The highest BCUT2D eigenvalue weighted by Crippen LogP contribution is 2.27. The maximum Gasteiger partial charge on any atom is 0.182 e. The number of halogens is 1. The Hall–Kier alpha value is -1.33. The van der Waals surface area contributed by atoms with Crippen LogP contribution in [0.5, 0.6) is 0 Å². The first-order valence-electron chi connectivity index (χ1n) is 6.84. The summed E-state index contributed by atoms with van der Waals surface area (Å²) in [6.07, 6.45) is 3.14. The molecule has 0 heterocycles. The van der Waals surface area contributed by atoms with Gasteiger partial charge in [-0.1, -0.05) is 12.1 Å². The van der Waals surface area contributed by atoms with Crippen LogP contribution in [0.4, 0.5) is 5.69 Å². The Bertz CT molecular complexity index is 800. The Morgan fingerprint density at radius 2 is 1.81 bits per heavy atom. The van der Waals surface area contributed by atoms with E-state index in [0.717, 1.165) is 23.7 Å². The smallest absolute Gasteiger partial charge is 0.182 e. The zero-order valence-corrected chi connectivity index (χ0v) is 13.9. The van der Waals surface area contributed by atoms with Crippen LogP contribution in [0.15, 0.2) is 45.8 Å². The fraction of sp³-hybridized carbons (Fsp3) is 0.250. The van der Waals surface area contributed by atoms with E-state index in [2.05, 4.69) is 15.9 Å². The van der Waals surface area contributed by atoms with Crippen LogP contribution in [0.3, 0.4) is 0 Å². The first kappa shape index (κ1) is 14.6. The number of rotatable bonds is 3. The highest BCUT2D eigenvalue weighted by molar-refractivity contribution is 9.10. The zero-order chi connectivity index (χ0) is 15.0. The fourth-order valence-electron chi connectivity index (χ4n) is 2.73. The normalized spacial score (nSPS) is 14.1. The molecule has 0 aromatic heterocycles. The molecule has 0 saturated carbocycles. The first-order valence-corrected chi connectivity index (χ1v) is 9.29. The van der Waals surface area contributed by atoms with Crippen LogP contribution in [0.1, 0.15) is 23.1 Å². The molecule has 0 unspecified atom stereocenters. The molecule has 110 valence electrons. The molecule has 2 aromatic carbocycles. The third kappa shape index (κ3) is 2.99. The molecule has 0 saturated heterocycles. The van der Waals surface area contributed by atoms with Crippen LogP contribution in [-0.2, 0) is 28.4 Å². The summed E-state index contributed by atoms with van der Waals surface area (Å²) >= 11 is 3.31. The van der Waals surface area contributed by atoms with Crippen molar-refractivity contribution in [1.29, 1.82) is 0 Å². The van der Waals surface area contributed by atoms with Crippen molar-refractivity contribution in [2.45, 2.75) is 29.9 Å². The Morgan fingerprint density at radius 3 is 2.57 bits per heavy atom. The van der Waals surface area contributed by atoms with Gasteiger partial charge in [-0.15, -0.1) is 0 Å². The van der Waals surface area contributed by atoms with Crippen molar-refractivity contribution in [2.75, 3.05) is 5.73 Å². The molecule has 0 atom stereocenters. The lowest BCUT2D eigenvalue weighted by molar-refractivity contribution is 0.595. The molecule has 0 radical (unpaired) electrons. The molecule has 1 aliphatic rings. The maximum atomic E-state index is 12.5. The van der Waals surface area contributed by atoms with Crippen molar-refractivity contribution in [2.24, 2.45) is 0 Å². The van der Waals surface area contributed by atoms with E-state index in [0.29, 0.717) is 16.1 Å². The molecule has 5 heteroatoms. The maximum absolute atomic E-state index is 12.5. The predicted octanol–water partition coefficient (Wildman–Crippen LogP) is 3.49. The van der Waals surface area contributed by atoms with E-state index < -0.39 is 9.84 Å². The summed E-state index contributed by atoms with van der Waals surface area (Å²) in [5, 5.41) is 0. The molecule has 0 fully saturated rings. The molecule has 0 spiro atoms. The lowest BCUT2D eigenvalue weighted by Crippen LogP contribution is -2.06. The van der Waals surface area contributed by atoms with Gasteiger partial charge in [0.25, 0.3) is 0 Å². The number of sulfone groups is 1. The number of benzene rings is 2. The molecule has 0 bridgehead atoms.